The van der Waals surface area contributed by atoms with Gasteiger partial charge in [-0.1, -0.05) is 12.8 Å². The van der Waals surface area contributed by atoms with Crippen molar-refractivity contribution >= 4 is 5.97 Å². The van der Waals surface area contributed by atoms with Crippen LogP contribution in [0.2, 0.25) is 0 Å². The molecule has 3 heteroatoms. The number of piperidine rings is 2. The molecule has 4 rings (SSSR count). The van der Waals surface area contributed by atoms with Gasteiger partial charge in [0.2, 0.25) is 0 Å². The van der Waals surface area contributed by atoms with E-state index in [-0.39, 0.29) is 5.97 Å². The lowest BCUT2D eigenvalue weighted by Crippen LogP contribution is -2.55. The third kappa shape index (κ3) is 2.81. The Morgan fingerprint density at radius 2 is 1.95 bits per heavy atom. The van der Waals surface area contributed by atoms with Gasteiger partial charge < -0.3 is 4.74 Å². The number of hydrogen-bond acceptors (Lipinski definition) is 3. The maximum absolute atomic E-state index is 11.7. The van der Waals surface area contributed by atoms with Crippen LogP contribution >= 0.6 is 0 Å². The van der Waals surface area contributed by atoms with Crippen LogP contribution in [-0.4, -0.2) is 36.1 Å². The first kappa shape index (κ1) is 13.4. The Kier molecular flexibility index (Phi) is 4.11. The fourth-order valence-electron chi connectivity index (χ4n) is 4.63. The van der Waals surface area contributed by atoms with Gasteiger partial charge in [-0.25, -0.2) is 0 Å². The second kappa shape index (κ2) is 5.82. The lowest BCUT2D eigenvalue weighted by atomic mass is 9.70. The van der Waals surface area contributed by atoms with E-state index in [2.05, 4.69) is 4.90 Å². The number of hydrogen-bond donors (Lipinski definition) is 0. The zero-order valence-corrected chi connectivity index (χ0v) is 12.1. The largest absolute Gasteiger partial charge is 0.466 e. The van der Waals surface area contributed by atoms with E-state index in [0.717, 1.165) is 18.0 Å². The van der Waals surface area contributed by atoms with Gasteiger partial charge in [-0.3, -0.25) is 9.69 Å². The smallest absolute Gasteiger partial charge is 0.306 e. The van der Waals surface area contributed by atoms with Crippen molar-refractivity contribution in [2.75, 3.05) is 13.2 Å². The molecule has 2 saturated carbocycles. The van der Waals surface area contributed by atoms with Gasteiger partial charge in [0.05, 0.1) is 6.61 Å². The predicted molar refractivity (Wildman–Crippen MR) is 74.8 cm³/mol. The fraction of sp³-hybridized carbons (Fsp3) is 0.938. The molecule has 0 aromatic carbocycles. The predicted octanol–water partition coefficient (Wildman–Crippen LogP) is 2.98. The molecule has 0 aromatic heterocycles. The molecule has 2 bridgehead atoms. The average molecular weight is 265 g/mol. The Hall–Kier alpha value is -0.570. The molecule has 0 N–H and O–H groups in total. The van der Waals surface area contributed by atoms with Gasteiger partial charge in [-0.15, -0.1) is 0 Å². The van der Waals surface area contributed by atoms with Crippen LogP contribution in [0.1, 0.15) is 58.3 Å². The van der Waals surface area contributed by atoms with Crippen molar-refractivity contribution in [1.82, 2.24) is 4.90 Å². The minimum absolute atomic E-state index is 0.0208. The lowest BCUT2D eigenvalue weighted by molar-refractivity contribution is -0.146. The summed E-state index contributed by atoms with van der Waals surface area (Å²) >= 11 is 0. The van der Waals surface area contributed by atoms with Crippen LogP contribution in [0, 0.1) is 11.8 Å². The van der Waals surface area contributed by atoms with Crippen LogP contribution in [0.3, 0.4) is 0 Å². The number of rotatable bonds is 4. The van der Waals surface area contributed by atoms with Crippen molar-refractivity contribution in [3.63, 3.8) is 0 Å². The number of ether oxygens (including phenoxy) is 1. The normalized spacial score (nSPS) is 35.7. The van der Waals surface area contributed by atoms with Crippen molar-refractivity contribution in [3.05, 3.63) is 0 Å². The molecule has 4 fully saturated rings. The summed E-state index contributed by atoms with van der Waals surface area (Å²) in [5, 5.41) is 0. The molecular formula is C16H27NO2. The number of esters is 1. The lowest BCUT2D eigenvalue weighted by Gasteiger charge is -2.51. The molecule has 3 unspecified atom stereocenters. The summed E-state index contributed by atoms with van der Waals surface area (Å²) in [5.41, 5.74) is 0. The Morgan fingerprint density at radius 3 is 2.58 bits per heavy atom. The van der Waals surface area contributed by atoms with Gasteiger partial charge in [0.1, 0.15) is 0 Å². The molecule has 19 heavy (non-hydrogen) atoms. The highest BCUT2D eigenvalue weighted by Gasteiger charge is 2.43. The van der Waals surface area contributed by atoms with E-state index >= 15 is 0 Å². The van der Waals surface area contributed by atoms with Crippen LogP contribution in [0.5, 0.6) is 0 Å². The van der Waals surface area contributed by atoms with Crippen molar-refractivity contribution in [1.29, 1.82) is 0 Å². The number of carbonyl (C=O) groups excluding carboxylic acids is 1. The van der Waals surface area contributed by atoms with Gasteiger partial charge in [0, 0.05) is 25.0 Å². The van der Waals surface area contributed by atoms with E-state index in [0.29, 0.717) is 18.9 Å². The van der Waals surface area contributed by atoms with Crippen molar-refractivity contribution in [3.8, 4) is 0 Å². The maximum atomic E-state index is 11.7. The zero-order chi connectivity index (χ0) is 13.2. The van der Waals surface area contributed by atoms with Gasteiger partial charge in [-0.05, 0) is 50.9 Å². The van der Waals surface area contributed by atoms with E-state index in [1.807, 2.05) is 6.92 Å². The fourth-order valence-corrected chi connectivity index (χ4v) is 4.63. The third-order valence-corrected chi connectivity index (χ3v) is 5.55. The Morgan fingerprint density at radius 1 is 1.16 bits per heavy atom. The SMILES string of the molecule is CCOC(=O)CC1CC2CCC1CN2C1CCCC1. The molecular weight excluding hydrogens is 238 g/mol. The second-order valence-corrected chi connectivity index (χ2v) is 6.63. The summed E-state index contributed by atoms with van der Waals surface area (Å²) in [7, 11) is 0. The number of fused-ring (bicyclic) bond motifs is 3. The molecule has 0 amide bonds. The number of carbonyl (C=O) groups is 1. The highest BCUT2D eigenvalue weighted by atomic mass is 16.5. The van der Waals surface area contributed by atoms with Gasteiger partial charge in [0.15, 0.2) is 0 Å². The topological polar surface area (TPSA) is 29.5 Å². The summed E-state index contributed by atoms with van der Waals surface area (Å²) in [4.78, 5) is 14.5. The van der Waals surface area contributed by atoms with E-state index in [4.69, 9.17) is 4.74 Å². The molecule has 2 aliphatic heterocycles. The Balaban J connectivity index is 1.57. The average Bonchev–Trinajstić information content (AvgIpc) is 2.93. The molecule has 0 spiro atoms. The minimum atomic E-state index is 0.0208. The van der Waals surface area contributed by atoms with E-state index in [1.54, 1.807) is 0 Å². The van der Waals surface area contributed by atoms with Crippen LogP contribution in [0.25, 0.3) is 0 Å². The molecule has 2 aliphatic carbocycles. The monoisotopic (exact) mass is 265 g/mol. The standard InChI is InChI=1S/C16H27NO2/c1-2-19-16(18)10-13-9-15-8-7-12(13)11-17(15)14-5-3-4-6-14/h12-15H,2-11H2,1H3. The van der Waals surface area contributed by atoms with Crippen LogP contribution in [-0.2, 0) is 9.53 Å². The van der Waals surface area contributed by atoms with E-state index in [1.165, 1.54) is 51.5 Å². The summed E-state index contributed by atoms with van der Waals surface area (Å²) in [6.45, 7) is 3.67. The minimum Gasteiger partial charge on any atom is -0.466 e. The maximum Gasteiger partial charge on any atom is 0.306 e. The molecule has 3 nitrogen and oxygen atoms in total. The van der Waals surface area contributed by atoms with Crippen molar-refractivity contribution in [2.24, 2.45) is 11.8 Å². The molecule has 108 valence electrons. The van der Waals surface area contributed by atoms with Gasteiger partial charge in [0.25, 0.3) is 0 Å². The highest BCUT2D eigenvalue weighted by Crippen LogP contribution is 2.43. The Labute approximate surface area is 116 Å². The van der Waals surface area contributed by atoms with Crippen LogP contribution < -0.4 is 0 Å². The van der Waals surface area contributed by atoms with Gasteiger partial charge >= 0.3 is 5.97 Å². The first-order valence-corrected chi connectivity index (χ1v) is 8.19. The van der Waals surface area contributed by atoms with E-state index in [9.17, 15) is 4.79 Å². The molecule has 2 heterocycles. The quantitative estimate of drug-likeness (QED) is 0.732. The summed E-state index contributed by atoms with van der Waals surface area (Å²) in [6, 6.07) is 1.61. The summed E-state index contributed by atoms with van der Waals surface area (Å²) in [6.07, 6.45) is 10.2. The molecule has 0 aromatic rings. The molecule has 2 saturated heterocycles. The van der Waals surface area contributed by atoms with Gasteiger partial charge in [-0.2, -0.15) is 0 Å². The summed E-state index contributed by atoms with van der Waals surface area (Å²) < 4.78 is 5.13. The Bertz CT molecular complexity index is 325. The molecule has 0 radical (unpaired) electrons. The molecule has 4 aliphatic rings. The van der Waals surface area contributed by atoms with Crippen molar-refractivity contribution in [2.45, 2.75) is 70.4 Å². The number of nitrogens with zero attached hydrogens (tertiary/aromatic N) is 1. The van der Waals surface area contributed by atoms with Crippen molar-refractivity contribution < 1.29 is 9.53 Å². The van der Waals surface area contributed by atoms with Crippen LogP contribution in [0.15, 0.2) is 0 Å². The third-order valence-electron chi connectivity index (χ3n) is 5.55. The first-order chi connectivity index (χ1) is 9.28. The second-order valence-electron chi connectivity index (χ2n) is 6.63. The molecule has 3 atom stereocenters. The van der Waals surface area contributed by atoms with Crippen LogP contribution in [0.4, 0.5) is 0 Å². The first-order valence-electron chi connectivity index (χ1n) is 8.19. The summed E-state index contributed by atoms with van der Waals surface area (Å²) in [5.74, 6) is 1.36. The zero-order valence-electron chi connectivity index (χ0n) is 12.1. The highest BCUT2D eigenvalue weighted by molar-refractivity contribution is 5.69. The van der Waals surface area contributed by atoms with E-state index < -0.39 is 0 Å².